The van der Waals surface area contributed by atoms with Crippen LogP contribution in [0.3, 0.4) is 0 Å². The van der Waals surface area contributed by atoms with Crippen molar-refractivity contribution >= 4 is 21.7 Å². The first kappa shape index (κ1) is 14.2. The standard InChI is InChI=1S/C12H13BrF3N3/c1-7-5-19(6-8(7)2)18-10-4-3-9(11(13)17-10)12(14,15)16/h3-5,8H,6H2,1-2H3,(H,17,18). The van der Waals surface area contributed by atoms with Crippen LogP contribution in [0.15, 0.2) is 28.5 Å². The molecule has 0 amide bonds. The summed E-state index contributed by atoms with van der Waals surface area (Å²) >= 11 is 2.85. The van der Waals surface area contributed by atoms with Gasteiger partial charge in [0, 0.05) is 12.7 Å². The maximum atomic E-state index is 12.6. The van der Waals surface area contributed by atoms with E-state index in [1.807, 2.05) is 18.1 Å². The van der Waals surface area contributed by atoms with Crippen molar-refractivity contribution in [1.82, 2.24) is 9.99 Å². The van der Waals surface area contributed by atoms with Crippen molar-refractivity contribution in [2.45, 2.75) is 20.0 Å². The number of pyridine rings is 1. The topological polar surface area (TPSA) is 28.2 Å². The predicted molar refractivity (Wildman–Crippen MR) is 70.2 cm³/mol. The maximum absolute atomic E-state index is 12.6. The first-order valence-corrected chi connectivity index (χ1v) is 6.52. The van der Waals surface area contributed by atoms with Gasteiger partial charge >= 0.3 is 6.18 Å². The van der Waals surface area contributed by atoms with E-state index in [0.29, 0.717) is 11.7 Å². The smallest absolute Gasteiger partial charge is 0.293 e. The van der Waals surface area contributed by atoms with Crippen molar-refractivity contribution in [2.24, 2.45) is 5.92 Å². The lowest BCUT2D eigenvalue weighted by atomic mass is 10.1. The summed E-state index contributed by atoms with van der Waals surface area (Å²) in [6.45, 7) is 4.87. The molecule has 1 aromatic heterocycles. The van der Waals surface area contributed by atoms with Crippen LogP contribution in [0, 0.1) is 5.92 Å². The second kappa shape index (κ2) is 5.03. The number of nitrogens with zero attached hydrogens (tertiary/aromatic N) is 2. The highest BCUT2D eigenvalue weighted by Gasteiger charge is 2.33. The SMILES string of the molecule is CC1=CN(Nc2ccc(C(F)(F)F)c(Br)n2)CC1C. The Kier molecular flexibility index (Phi) is 3.75. The van der Waals surface area contributed by atoms with E-state index in [4.69, 9.17) is 0 Å². The van der Waals surface area contributed by atoms with Gasteiger partial charge in [0.15, 0.2) is 0 Å². The molecule has 7 heteroatoms. The van der Waals surface area contributed by atoms with E-state index in [2.05, 4.69) is 33.3 Å². The van der Waals surface area contributed by atoms with Crippen molar-refractivity contribution in [3.63, 3.8) is 0 Å². The lowest BCUT2D eigenvalue weighted by Crippen LogP contribution is -2.24. The number of hydrogen-bond donors (Lipinski definition) is 1. The number of halogens is 4. The van der Waals surface area contributed by atoms with Crippen LogP contribution in [0.25, 0.3) is 0 Å². The van der Waals surface area contributed by atoms with Gasteiger partial charge in [-0.2, -0.15) is 13.2 Å². The third-order valence-electron chi connectivity index (χ3n) is 3.02. The Hall–Kier alpha value is -1.24. The predicted octanol–water partition coefficient (Wildman–Crippen LogP) is 4.05. The van der Waals surface area contributed by atoms with E-state index in [1.165, 1.54) is 11.6 Å². The molecule has 3 nitrogen and oxygen atoms in total. The van der Waals surface area contributed by atoms with Gasteiger partial charge in [-0.1, -0.05) is 12.5 Å². The molecule has 2 rings (SSSR count). The van der Waals surface area contributed by atoms with Crippen LogP contribution in [-0.4, -0.2) is 16.5 Å². The zero-order valence-electron chi connectivity index (χ0n) is 10.4. The Morgan fingerprint density at radius 1 is 1.42 bits per heavy atom. The second-order valence-electron chi connectivity index (χ2n) is 4.57. The molecule has 1 atom stereocenters. The molecule has 2 heterocycles. The van der Waals surface area contributed by atoms with E-state index >= 15 is 0 Å². The summed E-state index contributed by atoms with van der Waals surface area (Å²) in [7, 11) is 0. The van der Waals surface area contributed by atoms with Crippen LogP contribution in [0.5, 0.6) is 0 Å². The minimum atomic E-state index is -4.40. The van der Waals surface area contributed by atoms with Crippen LogP contribution in [-0.2, 0) is 6.18 Å². The Bertz CT molecular complexity index is 513. The molecule has 0 saturated carbocycles. The molecule has 1 unspecified atom stereocenters. The maximum Gasteiger partial charge on any atom is 0.419 e. The van der Waals surface area contributed by atoms with Crippen LogP contribution < -0.4 is 5.43 Å². The van der Waals surface area contributed by atoms with Crippen molar-refractivity contribution < 1.29 is 13.2 Å². The van der Waals surface area contributed by atoms with Crippen molar-refractivity contribution in [1.29, 1.82) is 0 Å². The van der Waals surface area contributed by atoms with Gasteiger partial charge in [0.1, 0.15) is 10.4 Å². The molecule has 0 radical (unpaired) electrons. The minimum absolute atomic E-state index is 0.210. The number of hydrogen-bond acceptors (Lipinski definition) is 3. The van der Waals surface area contributed by atoms with Gasteiger partial charge in [0.2, 0.25) is 0 Å². The Morgan fingerprint density at radius 3 is 2.58 bits per heavy atom. The van der Waals surface area contributed by atoms with Gasteiger partial charge in [-0.3, -0.25) is 10.4 Å². The molecule has 1 aliphatic heterocycles. The summed E-state index contributed by atoms with van der Waals surface area (Å²) in [5.41, 5.74) is 3.41. The van der Waals surface area contributed by atoms with E-state index in [1.54, 1.807) is 0 Å². The van der Waals surface area contributed by atoms with Gasteiger partial charge < -0.3 is 0 Å². The minimum Gasteiger partial charge on any atom is -0.293 e. The molecule has 0 aliphatic carbocycles. The highest BCUT2D eigenvalue weighted by Crippen LogP contribution is 2.34. The summed E-state index contributed by atoms with van der Waals surface area (Å²) in [4.78, 5) is 3.87. The zero-order chi connectivity index (χ0) is 14.2. The first-order chi connectivity index (χ1) is 8.77. The highest BCUT2D eigenvalue weighted by molar-refractivity contribution is 9.10. The van der Waals surface area contributed by atoms with Gasteiger partial charge in [0.25, 0.3) is 0 Å². The molecule has 0 bridgehead atoms. The Labute approximate surface area is 117 Å². The van der Waals surface area contributed by atoms with Crippen LogP contribution in [0.2, 0.25) is 0 Å². The van der Waals surface area contributed by atoms with Gasteiger partial charge in [-0.05, 0) is 40.9 Å². The zero-order valence-corrected chi connectivity index (χ0v) is 12.0. The quantitative estimate of drug-likeness (QED) is 0.826. The number of rotatable bonds is 2. The monoisotopic (exact) mass is 335 g/mol. The number of anilines is 1. The average molecular weight is 336 g/mol. The molecular formula is C12H13BrF3N3. The van der Waals surface area contributed by atoms with E-state index < -0.39 is 11.7 Å². The molecule has 1 N–H and O–H groups in total. The molecule has 104 valence electrons. The third-order valence-corrected chi connectivity index (χ3v) is 3.62. The summed E-state index contributed by atoms with van der Waals surface area (Å²) in [6.07, 6.45) is -2.47. The van der Waals surface area contributed by atoms with Gasteiger partial charge in [-0.15, -0.1) is 0 Å². The molecule has 0 spiro atoms. The normalized spacial score (nSPS) is 19.6. The Balaban J connectivity index is 2.14. The van der Waals surface area contributed by atoms with Gasteiger partial charge in [-0.25, -0.2) is 4.98 Å². The van der Waals surface area contributed by atoms with E-state index in [0.717, 1.165) is 12.6 Å². The van der Waals surface area contributed by atoms with Gasteiger partial charge in [0.05, 0.1) is 5.56 Å². The largest absolute Gasteiger partial charge is 0.419 e. The number of alkyl halides is 3. The number of aromatic nitrogens is 1. The van der Waals surface area contributed by atoms with Crippen LogP contribution >= 0.6 is 15.9 Å². The fourth-order valence-electron chi connectivity index (χ4n) is 1.80. The molecule has 0 aromatic carbocycles. The molecule has 1 aliphatic rings. The van der Waals surface area contributed by atoms with Crippen molar-refractivity contribution in [3.05, 3.63) is 34.1 Å². The summed E-state index contributed by atoms with van der Waals surface area (Å²) in [6, 6.07) is 2.33. The van der Waals surface area contributed by atoms with E-state index in [9.17, 15) is 13.2 Å². The lowest BCUT2D eigenvalue weighted by Gasteiger charge is -2.19. The number of hydrazine groups is 1. The molecular weight excluding hydrogens is 323 g/mol. The number of nitrogens with one attached hydrogen (secondary N) is 1. The van der Waals surface area contributed by atoms with E-state index in [-0.39, 0.29) is 4.60 Å². The average Bonchev–Trinajstić information content (AvgIpc) is 2.56. The van der Waals surface area contributed by atoms with Crippen molar-refractivity contribution in [3.8, 4) is 0 Å². The Morgan fingerprint density at radius 2 is 2.11 bits per heavy atom. The highest BCUT2D eigenvalue weighted by atomic mass is 79.9. The fraction of sp³-hybridized carbons (Fsp3) is 0.417. The molecule has 19 heavy (non-hydrogen) atoms. The summed E-state index contributed by atoms with van der Waals surface area (Å²) < 4.78 is 37.5. The molecule has 0 fully saturated rings. The first-order valence-electron chi connectivity index (χ1n) is 5.72. The molecule has 1 aromatic rings. The summed E-state index contributed by atoms with van der Waals surface area (Å²) in [5, 5.41) is 1.82. The fourth-order valence-corrected chi connectivity index (χ4v) is 2.35. The van der Waals surface area contributed by atoms with Crippen molar-refractivity contribution in [2.75, 3.05) is 12.0 Å². The third kappa shape index (κ3) is 3.20. The summed E-state index contributed by atoms with van der Waals surface area (Å²) in [5.74, 6) is 0.795. The second-order valence-corrected chi connectivity index (χ2v) is 5.32. The molecule has 0 saturated heterocycles. The van der Waals surface area contributed by atoms with Crippen LogP contribution in [0.1, 0.15) is 19.4 Å². The van der Waals surface area contributed by atoms with Crippen LogP contribution in [0.4, 0.5) is 19.0 Å². The lowest BCUT2D eigenvalue weighted by molar-refractivity contribution is -0.138.